The van der Waals surface area contributed by atoms with E-state index in [9.17, 15) is 35.1 Å². The number of allylic oxidation sites excluding steroid dienone is 1. The number of hydrogen-bond donors (Lipinski definition) is 9. The minimum atomic E-state index is -1.52. The normalized spacial score (nSPS) is 36.4. The number of nitrogens with one attached hydrogen (secondary N) is 3. The van der Waals surface area contributed by atoms with Crippen molar-refractivity contribution in [2.24, 2.45) is 5.73 Å². The summed E-state index contributed by atoms with van der Waals surface area (Å²) in [4.78, 5) is 25.6. The third-order valence-electron chi connectivity index (χ3n) is 8.66. The summed E-state index contributed by atoms with van der Waals surface area (Å²) in [6, 6.07) is -3.40. The molecule has 1 aliphatic carbocycles. The topological polar surface area (TPSA) is 244 Å². The first-order valence-electron chi connectivity index (χ1n) is 16.9. The summed E-state index contributed by atoms with van der Waals surface area (Å²) < 4.78 is 29.8. The van der Waals surface area contributed by atoms with E-state index in [4.69, 9.17) is 29.4 Å². The van der Waals surface area contributed by atoms with E-state index in [1.54, 1.807) is 27.8 Å². The van der Waals surface area contributed by atoms with E-state index in [-0.39, 0.29) is 26.1 Å². The summed E-state index contributed by atoms with van der Waals surface area (Å²) in [5.41, 5.74) is 4.37. The fourth-order valence-corrected chi connectivity index (χ4v) is 6.23. The van der Waals surface area contributed by atoms with Crippen LogP contribution in [0.5, 0.6) is 0 Å². The van der Waals surface area contributed by atoms with Crippen LogP contribution in [0.25, 0.3) is 0 Å². The Hall–Kier alpha value is -2.12. The molecule has 2 heterocycles. The number of amides is 2. The standard InChI is InChI=1S/C32H58N4O12/c1-7-10-21(38)27(41)35-20-15-18(33)24(22(39)25(20)47-29-23(40)26(34-6)32(5,43)16-44-29)46-28-19(36-30(42)48-31(2,3)4)13-12-17(45-28)11-8-9-14-37/h12,18-26,28-29,34,37-40,43H,7-11,13-16,33H2,1-6H3,(H,35,41)(H,36,42). The molecule has 16 nitrogen and oxygen atoms in total. The van der Waals surface area contributed by atoms with Crippen LogP contribution >= 0.6 is 0 Å². The third-order valence-corrected chi connectivity index (χ3v) is 8.66. The van der Waals surface area contributed by atoms with Gasteiger partial charge in [0.25, 0.3) is 0 Å². The predicted molar refractivity (Wildman–Crippen MR) is 172 cm³/mol. The number of nitrogens with two attached hydrogens (primary N) is 1. The van der Waals surface area contributed by atoms with Crippen molar-refractivity contribution in [1.29, 1.82) is 0 Å². The maximum absolute atomic E-state index is 12.9. The zero-order valence-corrected chi connectivity index (χ0v) is 29.0. The van der Waals surface area contributed by atoms with Crippen LogP contribution in [-0.2, 0) is 28.5 Å². The number of rotatable bonds is 14. The van der Waals surface area contributed by atoms with Gasteiger partial charge in [0.1, 0.15) is 41.7 Å². The van der Waals surface area contributed by atoms with Crippen LogP contribution in [0.4, 0.5) is 4.79 Å². The van der Waals surface area contributed by atoms with E-state index < -0.39 is 90.5 Å². The highest BCUT2D eigenvalue weighted by Gasteiger charge is 2.52. The minimum absolute atomic E-state index is 0.0275. The maximum Gasteiger partial charge on any atom is 0.408 e. The van der Waals surface area contributed by atoms with Crippen molar-refractivity contribution >= 4 is 12.0 Å². The first-order chi connectivity index (χ1) is 22.5. The summed E-state index contributed by atoms with van der Waals surface area (Å²) in [6.45, 7) is 8.36. The zero-order valence-electron chi connectivity index (χ0n) is 29.0. The average molecular weight is 691 g/mol. The van der Waals surface area contributed by atoms with Crippen molar-refractivity contribution in [2.75, 3.05) is 20.3 Å². The number of hydrogen-bond acceptors (Lipinski definition) is 14. The molecular formula is C32H58N4O12. The van der Waals surface area contributed by atoms with Gasteiger partial charge in [0.2, 0.25) is 12.2 Å². The molecule has 0 aromatic heterocycles. The van der Waals surface area contributed by atoms with E-state index >= 15 is 0 Å². The molecule has 2 amide bonds. The summed E-state index contributed by atoms with van der Waals surface area (Å²) in [6.07, 6.45) is -5.08. The number of carbonyl (C=O) groups excluding carboxylic acids is 2. The fraction of sp³-hybridized carbons (Fsp3) is 0.875. The van der Waals surface area contributed by atoms with Crippen LogP contribution in [-0.4, -0.2) is 136 Å². The van der Waals surface area contributed by atoms with Crippen LogP contribution in [0.3, 0.4) is 0 Å². The zero-order chi connectivity index (χ0) is 35.8. The lowest BCUT2D eigenvalue weighted by Gasteiger charge is -2.49. The number of likely N-dealkylation sites (N-methyl/N-ethyl adjacent to an activating group) is 1. The van der Waals surface area contributed by atoms with Crippen LogP contribution in [0.2, 0.25) is 0 Å². The lowest BCUT2D eigenvalue weighted by molar-refractivity contribution is -0.304. The van der Waals surface area contributed by atoms with Gasteiger partial charge in [-0.25, -0.2) is 4.79 Å². The number of unbranched alkanes of at least 4 members (excludes halogenated alkanes) is 1. The molecule has 0 aromatic carbocycles. The molecule has 3 aliphatic rings. The van der Waals surface area contributed by atoms with E-state index in [0.29, 0.717) is 37.9 Å². The first-order valence-corrected chi connectivity index (χ1v) is 16.9. The molecule has 12 atom stereocenters. The highest BCUT2D eigenvalue weighted by atomic mass is 16.7. The van der Waals surface area contributed by atoms with Gasteiger partial charge in [-0.3, -0.25) is 4.79 Å². The number of carbonyl (C=O) groups is 2. The van der Waals surface area contributed by atoms with Crippen molar-refractivity contribution < 1.29 is 58.8 Å². The second kappa shape index (κ2) is 17.7. The molecule has 10 N–H and O–H groups in total. The molecule has 1 saturated heterocycles. The number of aliphatic hydroxyl groups is 5. The summed E-state index contributed by atoms with van der Waals surface area (Å²) in [5.74, 6) is -0.0911. The smallest absolute Gasteiger partial charge is 0.408 e. The Bertz CT molecular complexity index is 1070. The largest absolute Gasteiger partial charge is 0.467 e. The van der Waals surface area contributed by atoms with Crippen molar-refractivity contribution in [1.82, 2.24) is 16.0 Å². The molecule has 2 fully saturated rings. The Kier molecular flexibility index (Phi) is 14.9. The highest BCUT2D eigenvalue weighted by molar-refractivity contribution is 5.80. The molecule has 0 bridgehead atoms. The van der Waals surface area contributed by atoms with Crippen LogP contribution in [0.1, 0.15) is 79.6 Å². The Morgan fingerprint density at radius 2 is 1.79 bits per heavy atom. The maximum atomic E-state index is 12.9. The van der Waals surface area contributed by atoms with Crippen LogP contribution in [0.15, 0.2) is 11.8 Å². The SMILES string of the molecule is CCCC(O)C(=O)NC1CC(N)C(OC2OC(CCCCO)=CCC2NC(=O)OC(C)(C)C)C(O)C1OC1OCC(C)(O)C(NC)C1O. The molecule has 16 heteroatoms. The molecule has 0 spiro atoms. The summed E-state index contributed by atoms with van der Waals surface area (Å²) >= 11 is 0. The molecule has 278 valence electrons. The third kappa shape index (κ3) is 10.9. The Morgan fingerprint density at radius 1 is 1.10 bits per heavy atom. The second-order valence-corrected chi connectivity index (χ2v) is 14.1. The van der Waals surface area contributed by atoms with Crippen LogP contribution < -0.4 is 21.7 Å². The molecule has 0 radical (unpaired) electrons. The Balaban J connectivity index is 1.87. The first kappa shape index (κ1) is 40.3. The lowest BCUT2D eigenvalue weighted by atomic mass is 9.83. The number of alkyl carbamates (subject to hydrolysis) is 1. The Morgan fingerprint density at radius 3 is 2.42 bits per heavy atom. The summed E-state index contributed by atoms with van der Waals surface area (Å²) in [5, 5.41) is 61.5. The van der Waals surface area contributed by atoms with Gasteiger partial charge in [-0.15, -0.1) is 0 Å². The van der Waals surface area contributed by atoms with Gasteiger partial charge in [0.05, 0.1) is 30.5 Å². The lowest BCUT2D eigenvalue weighted by Crippen LogP contribution is -2.69. The highest BCUT2D eigenvalue weighted by Crippen LogP contribution is 2.33. The van der Waals surface area contributed by atoms with E-state index in [1.807, 2.05) is 13.0 Å². The fourth-order valence-electron chi connectivity index (χ4n) is 6.23. The number of aliphatic hydroxyl groups excluding tert-OH is 4. The Labute approximate surface area is 282 Å². The van der Waals surface area contributed by atoms with Gasteiger partial charge in [0.15, 0.2) is 6.29 Å². The predicted octanol–water partition coefficient (Wildman–Crippen LogP) is -0.763. The van der Waals surface area contributed by atoms with Gasteiger partial charge in [-0.2, -0.15) is 0 Å². The second-order valence-electron chi connectivity index (χ2n) is 14.1. The molecule has 48 heavy (non-hydrogen) atoms. The van der Waals surface area contributed by atoms with Crippen molar-refractivity contribution in [3.05, 3.63) is 11.8 Å². The molecule has 3 rings (SSSR count). The number of ether oxygens (including phenoxy) is 5. The average Bonchev–Trinajstić information content (AvgIpc) is 2.98. The van der Waals surface area contributed by atoms with Crippen molar-refractivity contribution in [3.63, 3.8) is 0 Å². The van der Waals surface area contributed by atoms with Gasteiger partial charge in [-0.05, 0) is 72.9 Å². The van der Waals surface area contributed by atoms with E-state index in [2.05, 4.69) is 16.0 Å². The molecule has 0 aromatic rings. The van der Waals surface area contributed by atoms with Gasteiger partial charge in [-0.1, -0.05) is 13.3 Å². The molecule has 1 saturated carbocycles. The monoisotopic (exact) mass is 690 g/mol. The van der Waals surface area contributed by atoms with Gasteiger partial charge >= 0.3 is 6.09 Å². The summed E-state index contributed by atoms with van der Waals surface area (Å²) in [7, 11) is 1.57. The van der Waals surface area contributed by atoms with Crippen molar-refractivity contribution in [2.45, 2.75) is 158 Å². The molecular weight excluding hydrogens is 632 g/mol. The van der Waals surface area contributed by atoms with Crippen LogP contribution in [0, 0.1) is 0 Å². The van der Waals surface area contributed by atoms with Gasteiger partial charge in [0, 0.05) is 19.1 Å². The molecule has 12 unspecified atom stereocenters. The van der Waals surface area contributed by atoms with Gasteiger partial charge < -0.3 is 70.9 Å². The van der Waals surface area contributed by atoms with E-state index in [0.717, 1.165) is 0 Å². The quantitative estimate of drug-likeness (QED) is 0.102. The van der Waals surface area contributed by atoms with E-state index in [1.165, 1.54) is 6.92 Å². The van der Waals surface area contributed by atoms with Crippen molar-refractivity contribution in [3.8, 4) is 0 Å². The minimum Gasteiger partial charge on any atom is -0.467 e. The molecule has 2 aliphatic heterocycles.